The van der Waals surface area contributed by atoms with E-state index in [1.54, 1.807) is 31.0 Å². The van der Waals surface area contributed by atoms with Gasteiger partial charge in [-0.25, -0.2) is 15.0 Å². The fourth-order valence-corrected chi connectivity index (χ4v) is 4.36. The molecule has 0 fully saturated rings. The second-order valence-electron chi connectivity index (χ2n) is 8.85. The quantitative estimate of drug-likeness (QED) is 0.152. The molecule has 0 aliphatic rings. The summed E-state index contributed by atoms with van der Waals surface area (Å²) in [7, 11) is 0. The minimum atomic E-state index is 0.427. The van der Waals surface area contributed by atoms with E-state index in [1.165, 1.54) is 0 Å². The molecule has 42 heavy (non-hydrogen) atoms. The average Bonchev–Trinajstić information content (AvgIpc) is 3.43. The highest BCUT2D eigenvalue weighted by atomic mass is 35.5. The molecule has 6 rings (SSSR count). The number of ether oxygens (including phenoxy) is 2. The highest BCUT2D eigenvalue weighted by Crippen LogP contribution is 2.30. The smallest absolute Gasteiger partial charge is 0.157 e. The summed E-state index contributed by atoms with van der Waals surface area (Å²) in [5, 5.41) is 1.49. The van der Waals surface area contributed by atoms with Crippen molar-refractivity contribution in [1.29, 1.82) is 0 Å². The molecule has 0 radical (unpaired) electrons. The van der Waals surface area contributed by atoms with Gasteiger partial charge in [-0.1, -0.05) is 23.4 Å². The van der Waals surface area contributed by atoms with Crippen LogP contribution in [0.5, 0.6) is 11.5 Å². The van der Waals surface area contributed by atoms with Gasteiger partial charge >= 0.3 is 0 Å². The van der Waals surface area contributed by atoms with Crippen LogP contribution < -0.4 is 9.47 Å². The van der Waals surface area contributed by atoms with Crippen molar-refractivity contribution in [2.24, 2.45) is 0 Å². The van der Waals surface area contributed by atoms with Crippen LogP contribution in [0.2, 0.25) is 5.15 Å². The van der Waals surface area contributed by atoms with Crippen LogP contribution in [-0.2, 0) is 0 Å². The van der Waals surface area contributed by atoms with Crippen molar-refractivity contribution in [2.45, 2.75) is 13.8 Å². The number of fused-ring (bicyclic) bond motifs is 1. The largest absolute Gasteiger partial charge is 0.494 e. The molecule has 0 atom stereocenters. The zero-order valence-corrected chi connectivity index (χ0v) is 24.0. The first-order valence-corrected chi connectivity index (χ1v) is 13.9. The number of benzene rings is 2. The third kappa shape index (κ3) is 6.92. The summed E-state index contributed by atoms with van der Waals surface area (Å²) in [6.45, 7) is 5.25. The lowest BCUT2D eigenvalue weighted by atomic mass is 10.1. The number of halogens is 1. The number of hydrogen-bond donors (Lipinski definition) is 0. The van der Waals surface area contributed by atoms with Crippen molar-refractivity contribution in [3.8, 4) is 40.4 Å². The summed E-state index contributed by atoms with van der Waals surface area (Å²) in [6.07, 6.45) is 8.53. The molecule has 0 N–H and O–H groups in total. The molecule has 0 aliphatic carbocycles. The molecule has 0 saturated heterocycles. The van der Waals surface area contributed by atoms with Gasteiger partial charge in [-0.15, -0.1) is 0 Å². The molecule has 0 aliphatic heterocycles. The van der Waals surface area contributed by atoms with E-state index in [4.69, 9.17) is 21.1 Å². The van der Waals surface area contributed by atoms with Crippen molar-refractivity contribution < 1.29 is 9.47 Å². The lowest BCUT2D eigenvalue weighted by Crippen LogP contribution is -2.01. The Bertz CT molecular complexity index is 1810. The first kappa shape index (κ1) is 28.3. The molecule has 0 amide bonds. The van der Waals surface area contributed by atoms with Crippen LogP contribution in [-0.4, -0.2) is 37.7 Å². The molecule has 2 aromatic carbocycles. The SMILES string of the molecule is CCOc1ccc(-c2cc3cccnc3n2-c2cnccn2)cc1.CCOc1ccc(C#Cc2cccnc2Cl)cc1. The van der Waals surface area contributed by atoms with E-state index in [0.717, 1.165) is 50.7 Å². The van der Waals surface area contributed by atoms with Gasteiger partial charge in [0.1, 0.15) is 22.3 Å². The van der Waals surface area contributed by atoms with Crippen LogP contribution in [0.4, 0.5) is 0 Å². The predicted octanol–water partition coefficient (Wildman–Crippen LogP) is 7.41. The van der Waals surface area contributed by atoms with Gasteiger partial charge in [0.2, 0.25) is 0 Å². The maximum atomic E-state index is 5.92. The monoisotopic (exact) mass is 573 g/mol. The Morgan fingerprint density at radius 1 is 0.738 bits per heavy atom. The minimum Gasteiger partial charge on any atom is -0.494 e. The van der Waals surface area contributed by atoms with Crippen LogP contribution in [0.15, 0.2) is 110 Å². The van der Waals surface area contributed by atoms with Crippen LogP contribution in [0.1, 0.15) is 25.0 Å². The summed E-state index contributed by atoms with van der Waals surface area (Å²) in [5.74, 6) is 8.49. The number of rotatable bonds is 6. The van der Waals surface area contributed by atoms with E-state index in [9.17, 15) is 0 Å². The summed E-state index contributed by atoms with van der Waals surface area (Å²) < 4.78 is 12.9. The molecule has 0 spiro atoms. The Balaban J connectivity index is 0.000000176. The molecule has 0 unspecified atom stereocenters. The van der Waals surface area contributed by atoms with Gasteiger partial charge < -0.3 is 9.47 Å². The second kappa shape index (κ2) is 13.9. The molecule has 0 bridgehead atoms. The fourth-order valence-electron chi connectivity index (χ4n) is 4.19. The van der Waals surface area contributed by atoms with Gasteiger partial charge in [0.25, 0.3) is 0 Å². The number of hydrogen-bond acceptors (Lipinski definition) is 6. The molecule has 208 valence electrons. The molecular formula is C34H28ClN5O2. The van der Waals surface area contributed by atoms with Gasteiger partial charge in [-0.2, -0.15) is 0 Å². The molecule has 0 saturated carbocycles. The van der Waals surface area contributed by atoms with Crippen LogP contribution in [0.25, 0.3) is 28.1 Å². The topological polar surface area (TPSA) is 75.0 Å². The Morgan fingerprint density at radius 3 is 2.10 bits per heavy atom. The van der Waals surface area contributed by atoms with Gasteiger partial charge in [0.15, 0.2) is 5.82 Å². The van der Waals surface area contributed by atoms with Gasteiger partial charge in [0, 0.05) is 35.7 Å². The lowest BCUT2D eigenvalue weighted by Gasteiger charge is -2.10. The average molecular weight is 574 g/mol. The van der Waals surface area contributed by atoms with E-state index >= 15 is 0 Å². The second-order valence-corrected chi connectivity index (χ2v) is 9.21. The van der Waals surface area contributed by atoms with Gasteiger partial charge in [0.05, 0.1) is 30.7 Å². The first-order valence-electron chi connectivity index (χ1n) is 13.5. The number of aromatic nitrogens is 5. The molecule has 4 aromatic heterocycles. The van der Waals surface area contributed by atoms with Crippen molar-refractivity contribution in [1.82, 2.24) is 24.5 Å². The van der Waals surface area contributed by atoms with Crippen molar-refractivity contribution in [2.75, 3.05) is 13.2 Å². The summed E-state index contributed by atoms with van der Waals surface area (Å²) >= 11 is 5.92. The van der Waals surface area contributed by atoms with E-state index in [2.05, 4.69) is 37.8 Å². The van der Waals surface area contributed by atoms with Crippen molar-refractivity contribution in [3.63, 3.8) is 0 Å². The Labute approximate surface area is 249 Å². The van der Waals surface area contributed by atoms with E-state index < -0.39 is 0 Å². The molecule has 6 aromatic rings. The highest BCUT2D eigenvalue weighted by Gasteiger charge is 2.14. The summed E-state index contributed by atoms with van der Waals surface area (Å²) in [5.41, 5.74) is 4.60. The van der Waals surface area contributed by atoms with Crippen LogP contribution in [0.3, 0.4) is 0 Å². The third-order valence-corrected chi connectivity index (χ3v) is 6.37. The highest BCUT2D eigenvalue weighted by molar-refractivity contribution is 6.30. The number of pyridine rings is 2. The van der Waals surface area contributed by atoms with Crippen LogP contribution in [0, 0.1) is 11.8 Å². The van der Waals surface area contributed by atoms with Crippen molar-refractivity contribution >= 4 is 22.6 Å². The number of nitrogens with zero attached hydrogens (tertiary/aromatic N) is 5. The molecule has 8 heteroatoms. The minimum absolute atomic E-state index is 0.427. The van der Waals surface area contributed by atoms with Gasteiger partial charge in [-0.05, 0) is 98.3 Å². The van der Waals surface area contributed by atoms with Crippen molar-refractivity contribution in [3.05, 3.63) is 126 Å². The zero-order chi connectivity index (χ0) is 29.1. The normalized spacial score (nSPS) is 10.3. The summed E-state index contributed by atoms with van der Waals surface area (Å²) in [4.78, 5) is 17.1. The van der Waals surface area contributed by atoms with E-state index in [1.807, 2.05) is 91.2 Å². The summed E-state index contributed by atoms with van der Waals surface area (Å²) in [6, 6.07) is 25.4. The molecular weight excluding hydrogens is 546 g/mol. The molecule has 4 heterocycles. The van der Waals surface area contributed by atoms with E-state index in [0.29, 0.717) is 18.4 Å². The standard InChI is InChI=1S/C19H16N4O.C15H12ClNO/c1-2-24-16-7-5-14(6-8-16)17-12-15-4-3-9-22-19(15)23(17)18-13-20-10-11-21-18;1-2-18-14-9-6-12(7-10-14)5-8-13-4-3-11-17-15(13)16/h3-13H,2H2,1H3;3-4,6-7,9-11H,2H2,1H3. The van der Waals surface area contributed by atoms with Crippen LogP contribution >= 0.6 is 11.6 Å². The maximum absolute atomic E-state index is 5.92. The Morgan fingerprint density at radius 2 is 1.43 bits per heavy atom. The maximum Gasteiger partial charge on any atom is 0.157 e. The van der Waals surface area contributed by atoms with E-state index in [-0.39, 0.29) is 0 Å². The predicted molar refractivity (Wildman–Crippen MR) is 166 cm³/mol. The van der Waals surface area contributed by atoms with Gasteiger partial charge in [-0.3, -0.25) is 9.55 Å². The third-order valence-electron chi connectivity index (χ3n) is 6.07. The molecule has 7 nitrogen and oxygen atoms in total. The Kier molecular flexibility index (Phi) is 9.40. The Hall–Kier alpha value is -5.19. The first-order chi connectivity index (χ1) is 20.7. The zero-order valence-electron chi connectivity index (χ0n) is 23.2. The lowest BCUT2D eigenvalue weighted by molar-refractivity contribution is 0.340. The fraction of sp³-hybridized carbons (Fsp3) is 0.118.